The maximum Gasteiger partial charge on any atom is 0.0404 e. The summed E-state index contributed by atoms with van der Waals surface area (Å²) in [4.78, 5) is 0. The lowest BCUT2D eigenvalue weighted by Gasteiger charge is -2.08. The molecule has 0 rings (SSSR count). The van der Waals surface area contributed by atoms with Gasteiger partial charge in [-0.15, -0.1) is 11.6 Å². The first-order valence-corrected chi connectivity index (χ1v) is 5.74. The van der Waals surface area contributed by atoms with Gasteiger partial charge >= 0.3 is 0 Å². The normalized spacial score (nSPS) is 10.8. The summed E-state index contributed by atoms with van der Waals surface area (Å²) in [6.45, 7) is 6.70. The van der Waals surface area contributed by atoms with E-state index in [0.717, 1.165) is 6.42 Å². The van der Waals surface area contributed by atoms with E-state index in [-0.39, 0.29) is 0 Å². The van der Waals surface area contributed by atoms with Gasteiger partial charge in [-0.2, -0.15) is 0 Å². The lowest BCUT2D eigenvalue weighted by Crippen LogP contribution is -1.88. The van der Waals surface area contributed by atoms with Crippen LogP contribution in [0.5, 0.6) is 0 Å². The highest BCUT2D eigenvalue weighted by Gasteiger charge is 1.99. The highest BCUT2D eigenvalue weighted by molar-refractivity contribution is 6.18. The minimum atomic E-state index is 0.630. The van der Waals surface area contributed by atoms with E-state index in [4.69, 9.17) is 11.6 Å². The van der Waals surface area contributed by atoms with Gasteiger partial charge in [-0.3, -0.25) is 0 Å². The van der Waals surface area contributed by atoms with Crippen molar-refractivity contribution >= 4 is 11.6 Å². The van der Waals surface area contributed by atoms with Crippen LogP contribution in [0, 0.1) is 0 Å². The van der Waals surface area contributed by atoms with Crippen molar-refractivity contribution in [3.63, 3.8) is 0 Å². The Labute approximate surface area is 87.7 Å². The molecule has 0 atom stereocenters. The molecule has 0 aliphatic carbocycles. The standard InChI is InChI=1S/C12H21Cl/c1-4-11(5-2)12(6-3)9-7-8-10-13/h7-8H,4-6,9-10H2,1-3H3/b8-7+. The molecule has 1 heteroatoms. The van der Waals surface area contributed by atoms with Gasteiger partial charge in [0.2, 0.25) is 0 Å². The number of allylic oxidation sites excluding steroid dienone is 4. The van der Waals surface area contributed by atoms with Crippen molar-refractivity contribution in [2.45, 2.75) is 46.5 Å². The summed E-state index contributed by atoms with van der Waals surface area (Å²) in [5.41, 5.74) is 3.20. The van der Waals surface area contributed by atoms with E-state index in [0.29, 0.717) is 5.88 Å². The number of hydrogen-bond acceptors (Lipinski definition) is 0. The molecular weight excluding hydrogens is 180 g/mol. The van der Waals surface area contributed by atoms with E-state index in [1.807, 2.05) is 6.08 Å². The Bertz CT molecular complexity index is 172. The third-order valence-corrected chi connectivity index (χ3v) is 2.58. The van der Waals surface area contributed by atoms with Gasteiger partial charge in [0.15, 0.2) is 0 Å². The molecule has 0 aliphatic heterocycles. The monoisotopic (exact) mass is 200 g/mol. The second-order valence-corrected chi connectivity index (χ2v) is 3.41. The SMILES string of the molecule is CCC(CC)=C(CC)C/C=C/CCl. The first-order chi connectivity index (χ1) is 6.29. The Morgan fingerprint density at radius 3 is 1.85 bits per heavy atom. The molecule has 0 fully saturated rings. The molecule has 0 unspecified atom stereocenters. The smallest absolute Gasteiger partial charge is 0.0404 e. The minimum absolute atomic E-state index is 0.630. The third-order valence-electron chi connectivity index (χ3n) is 2.40. The first-order valence-electron chi connectivity index (χ1n) is 5.20. The molecule has 0 aromatic rings. The van der Waals surface area contributed by atoms with Crippen LogP contribution in [0.2, 0.25) is 0 Å². The molecule has 0 amide bonds. The van der Waals surface area contributed by atoms with Crippen LogP contribution in [0.4, 0.5) is 0 Å². The quantitative estimate of drug-likeness (QED) is 0.431. The zero-order chi connectivity index (χ0) is 10.1. The summed E-state index contributed by atoms with van der Waals surface area (Å²) in [5.74, 6) is 0.630. The predicted octanol–water partition coefficient (Wildman–Crippen LogP) is 4.70. The first kappa shape index (κ1) is 12.8. The van der Waals surface area contributed by atoms with E-state index < -0.39 is 0 Å². The third kappa shape index (κ3) is 5.15. The number of alkyl halides is 1. The van der Waals surface area contributed by atoms with Crippen molar-refractivity contribution in [1.82, 2.24) is 0 Å². The lowest BCUT2D eigenvalue weighted by molar-refractivity contribution is 0.886. The van der Waals surface area contributed by atoms with Crippen LogP contribution in [-0.2, 0) is 0 Å². The van der Waals surface area contributed by atoms with Gasteiger partial charge in [0.05, 0.1) is 0 Å². The van der Waals surface area contributed by atoms with Crippen molar-refractivity contribution in [2.75, 3.05) is 5.88 Å². The van der Waals surface area contributed by atoms with Crippen LogP contribution < -0.4 is 0 Å². The van der Waals surface area contributed by atoms with E-state index in [2.05, 4.69) is 26.8 Å². The maximum atomic E-state index is 5.57. The Hall–Kier alpha value is -0.230. The predicted molar refractivity (Wildman–Crippen MR) is 62.4 cm³/mol. The Morgan fingerprint density at radius 2 is 1.46 bits per heavy atom. The number of rotatable bonds is 6. The maximum absolute atomic E-state index is 5.57. The van der Waals surface area contributed by atoms with Gasteiger partial charge in [-0.05, 0) is 25.7 Å². The van der Waals surface area contributed by atoms with Gasteiger partial charge in [0, 0.05) is 5.88 Å². The van der Waals surface area contributed by atoms with E-state index in [1.165, 1.54) is 19.3 Å². The number of hydrogen-bond donors (Lipinski definition) is 0. The fourth-order valence-electron chi connectivity index (χ4n) is 1.58. The molecule has 76 valence electrons. The fourth-order valence-corrected chi connectivity index (χ4v) is 1.70. The minimum Gasteiger partial charge on any atom is -0.122 e. The molecule has 0 aliphatic rings. The molecule has 0 N–H and O–H groups in total. The van der Waals surface area contributed by atoms with Crippen molar-refractivity contribution in [1.29, 1.82) is 0 Å². The summed E-state index contributed by atoms with van der Waals surface area (Å²) in [5, 5.41) is 0. The molecule has 0 bridgehead atoms. The van der Waals surface area contributed by atoms with Crippen molar-refractivity contribution in [3.8, 4) is 0 Å². The Balaban J connectivity index is 4.28. The zero-order valence-electron chi connectivity index (χ0n) is 9.07. The average molecular weight is 201 g/mol. The van der Waals surface area contributed by atoms with Crippen LogP contribution in [0.25, 0.3) is 0 Å². The van der Waals surface area contributed by atoms with Crippen molar-refractivity contribution < 1.29 is 0 Å². The van der Waals surface area contributed by atoms with Crippen LogP contribution in [0.15, 0.2) is 23.3 Å². The largest absolute Gasteiger partial charge is 0.122 e. The van der Waals surface area contributed by atoms with Crippen molar-refractivity contribution in [2.24, 2.45) is 0 Å². The summed E-state index contributed by atoms with van der Waals surface area (Å²) in [6.07, 6.45) is 8.84. The highest BCUT2D eigenvalue weighted by atomic mass is 35.5. The fraction of sp³-hybridized carbons (Fsp3) is 0.667. The lowest BCUT2D eigenvalue weighted by atomic mass is 9.98. The molecule has 0 saturated carbocycles. The molecule has 0 saturated heterocycles. The van der Waals surface area contributed by atoms with Gasteiger partial charge in [0.25, 0.3) is 0 Å². The molecule has 0 spiro atoms. The molecule has 0 aromatic carbocycles. The molecule has 0 nitrogen and oxygen atoms in total. The molecule has 0 radical (unpaired) electrons. The molecule has 13 heavy (non-hydrogen) atoms. The topological polar surface area (TPSA) is 0 Å². The molecule has 0 heterocycles. The van der Waals surface area contributed by atoms with Crippen LogP contribution in [0.1, 0.15) is 46.5 Å². The zero-order valence-corrected chi connectivity index (χ0v) is 9.82. The van der Waals surface area contributed by atoms with Crippen LogP contribution in [-0.4, -0.2) is 5.88 Å². The average Bonchev–Trinajstić information content (AvgIpc) is 2.17. The van der Waals surface area contributed by atoms with E-state index in [1.54, 1.807) is 11.1 Å². The summed E-state index contributed by atoms with van der Waals surface area (Å²) >= 11 is 5.57. The summed E-state index contributed by atoms with van der Waals surface area (Å²) in [7, 11) is 0. The van der Waals surface area contributed by atoms with Gasteiger partial charge in [-0.25, -0.2) is 0 Å². The van der Waals surface area contributed by atoms with Crippen molar-refractivity contribution in [3.05, 3.63) is 23.3 Å². The van der Waals surface area contributed by atoms with E-state index >= 15 is 0 Å². The second-order valence-electron chi connectivity index (χ2n) is 3.10. The van der Waals surface area contributed by atoms with E-state index in [9.17, 15) is 0 Å². The Kier molecular flexibility index (Phi) is 8.22. The second kappa shape index (κ2) is 8.37. The van der Waals surface area contributed by atoms with Crippen LogP contribution in [0.3, 0.4) is 0 Å². The molecule has 0 aromatic heterocycles. The van der Waals surface area contributed by atoms with Crippen LogP contribution >= 0.6 is 11.6 Å². The Morgan fingerprint density at radius 1 is 0.923 bits per heavy atom. The summed E-state index contributed by atoms with van der Waals surface area (Å²) in [6, 6.07) is 0. The molecular formula is C12H21Cl. The highest BCUT2D eigenvalue weighted by Crippen LogP contribution is 2.19. The van der Waals surface area contributed by atoms with Gasteiger partial charge in [-0.1, -0.05) is 44.1 Å². The van der Waals surface area contributed by atoms with Gasteiger partial charge in [0.1, 0.15) is 0 Å². The number of halogens is 1. The summed E-state index contributed by atoms with van der Waals surface area (Å²) < 4.78 is 0. The van der Waals surface area contributed by atoms with Gasteiger partial charge < -0.3 is 0 Å².